The van der Waals surface area contributed by atoms with E-state index in [2.05, 4.69) is 0 Å². The summed E-state index contributed by atoms with van der Waals surface area (Å²) in [5.74, 6) is 0.0718. The summed E-state index contributed by atoms with van der Waals surface area (Å²) < 4.78 is 5.52. The van der Waals surface area contributed by atoms with Crippen molar-refractivity contribution in [1.82, 2.24) is 0 Å². The molecule has 1 aromatic rings. The standard InChI is InChI=1S/C12H14O3S/c13-12(14)9-3-5-11(6-4-9)16-8-10-2-1-7-15-10/h3-6,10H,1-2,7-8H2,(H,13,14). The number of hydrogen-bond acceptors (Lipinski definition) is 3. The molecule has 0 radical (unpaired) electrons. The molecule has 0 bridgehead atoms. The predicted molar refractivity (Wildman–Crippen MR) is 63.1 cm³/mol. The number of aromatic carboxylic acids is 1. The first-order valence-electron chi connectivity index (χ1n) is 5.33. The van der Waals surface area contributed by atoms with Gasteiger partial charge in [0.2, 0.25) is 0 Å². The van der Waals surface area contributed by atoms with E-state index in [1.54, 1.807) is 23.9 Å². The van der Waals surface area contributed by atoms with Crippen molar-refractivity contribution >= 4 is 17.7 Å². The molecule has 0 saturated carbocycles. The van der Waals surface area contributed by atoms with Gasteiger partial charge in [0.05, 0.1) is 11.7 Å². The summed E-state index contributed by atoms with van der Waals surface area (Å²) in [6.07, 6.45) is 2.66. The molecule has 1 fully saturated rings. The summed E-state index contributed by atoms with van der Waals surface area (Å²) in [5, 5.41) is 8.75. The van der Waals surface area contributed by atoms with E-state index in [-0.39, 0.29) is 0 Å². The zero-order valence-corrected chi connectivity index (χ0v) is 9.70. The van der Waals surface area contributed by atoms with Crippen molar-refractivity contribution in [2.45, 2.75) is 23.8 Å². The molecule has 0 spiro atoms. The van der Waals surface area contributed by atoms with Gasteiger partial charge >= 0.3 is 5.97 Å². The van der Waals surface area contributed by atoms with Crippen molar-refractivity contribution in [2.24, 2.45) is 0 Å². The molecule has 1 aliphatic rings. The van der Waals surface area contributed by atoms with Crippen LogP contribution in [0.3, 0.4) is 0 Å². The highest BCUT2D eigenvalue weighted by molar-refractivity contribution is 7.99. The van der Waals surface area contributed by atoms with E-state index in [4.69, 9.17) is 9.84 Å². The molecule has 86 valence electrons. The summed E-state index contributed by atoms with van der Waals surface area (Å²) in [4.78, 5) is 11.8. The van der Waals surface area contributed by atoms with Gasteiger partial charge < -0.3 is 9.84 Å². The minimum Gasteiger partial charge on any atom is -0.478 e. The molecule has 1 aromatic carbocycles. The fraction of sp³-hybridized carbons (Fsp3) is 0.417. The zero-order chi connectivity index (χ0) is 11.4. The molecule has 1 heterocycles. The van der Waals surface area contributed by atoms with Crippen molar-refractivity contribution in [2.75, 3.05) is 12.4 Å². The Morgan fingerprint density at radius 2 is 2.19 bits per heavy atom. The SMILES string of the molecule is O=C(O)c1ccc(SCC2CCCO2)cc1. The quantitative estimate of drug-likeness (QED) is 0.819. The monoisotopic (exact) mass is 238 g/mol. The fourth-order valence-electron chi connectivity index (χ4n) is 1.66. The highest BCUT2D eigenvalue weighted by Gasteiger charge is 2.15. The number of benzene rings is 1. The number of ether oxygens (including phenoxy) is 1. The van der Waals surface area contributed by atoms with Gasteiger partial charge in [0.1, 0.15) is 0 Å². The summed E-state index contributed by atoms with van der Waals surface area (Å²) in [6, 6.07) is 6.98. The molecule has 0 aliphatic carbocycles. The van der Waals surface area contributed by atoms with Crippen molar-refractivity contribution in [3.05, 3.63) is 29.8 Å². The lowest BCUT2D eigenvalue weighted by molar-refractivity contribution is 0.0697. The van der Waals surface area contributed by atoms with E-state index in [9.17, 15) is 4.79 Å². The minimum absolute atomic E-state index is 0.335. The number of carboxylic acids is 1. The smallest absolute Gasteiger partial charge is 0.335 e. The molecule has 2 rings (SSSR count). The fourth-order valence-corrected chi connectivity index (χ4v) is 2.63. The first-order valence-corrected chi connectivity index (χ1v) is 6.32. The molecule has 1 aliphatic heterocycles. The van der Waals surface area contributed by atoms with Gasteiger partial charge in [-0.25, -0.2) is 4.79 Å². The Balaban J connectivity index is 1.87. The second-order valence-corrected chi connectivity index (χ2v) is 4.87. The van der Waals surface area contributed by atoms with Gasteiger partial charge in [-0.15, -0.1) is 11.8 Å². The maximum absolute atomic E-state index is 10.7. The molecule has 16 heavy (non-hydrogen) atoms. The van der Waals surface area contributed by atoms with E-state index >= 15 is 0 Å². The molecule has 1 N–H and O–H groups in total. The number of rotatable bonds is 4. The van der Waals surface area contributed by atoms with Crippen LogP contribution in [-0.2, 0) is 4.74 Å². The lowest BCUT2D eigenvalue weighted by atomic mass is 10.2. The number of carboxylic acid groups (broad SMARTS) is 1. The van der Waals surface area contributed by atoms with Crippen LogP contribution in [0.5, 0.6) is 0 Å². The van der Waals surface area contributed by atoms with Gasteiger partial charge in [0.15, 0.2) is 0 Å². The van der Waals surface area contributed by atoms with Gasteiger partial charge in [-0.2, -0.15) is 0 Å². The first kappa shape index (κ1) is 11.5. The van der Waals surface area contributed by atoms with Crippen molar-refractivity contribution < 1.29 is 14.6 Å². The van der Waals surface area contributed by atoms with Gasteiger partial charge in [0, 0.05) is 17.3 Å². The number of hydrogen-bond donors (Lipinski definition) is 1. The number of thioether (sulfide) groups is 1. The molecular weight excluding hydrogens is 224 g/mol. The van der Waals surface area contributed by atoms with Crippen LogP contribution in [0.1, 0.15) is 23.2 Å². The Labute approximate surface area is 98.8 Å². The van der Waals surface area contributed by atoms with Crippen LogP contribution in [-0.4, -0.2) is 29.5 Å². The molecule has 1 unspecified atom stereocenters. The lowest BCUT2D eigenvalue weighted by Crippen LogP contribution is -2.07. The van der Waals surface area contributed by atoms with E-state index in [1.807, 2.05) is 12.1 Å². The van der Waals surface area contributed by atoms with E-state index < -0.39 is 5.97 Å². The van der Waals surface area contributed by atoms with Gasteiger partial charge in [0.25, 0.3) is 0 Å². The lowest BCUT2D eigenvalue weighted by Gasteiger charge is -2.08. The van der Waals surface area contributed by atoms with E-state index in [0.717, 1.165) is 30.1 Å². The average molecular weight is 238 g/mol. The maximum atomic E-state index is 10.7. The van der Waals surface area contributed by atoms with Gasteiger partial charge in [-0.1, -0.05) is 0 Å². The third-order valence-corrected chi connectivity index (χ3v) is 3.71. The molecule has 0 aromatic heterocycles. The predicted octanol–water partition coefficient (Wildman–Crippen LogP) is 2.66. The molecule has 4 heteroatoms. The number of carbonyl (C=O) groups is 1. The zero-order valence-electron chi connectivity index (χ0n) is 8.89. The Morgan fingerprint density at radius 1 is 1.44 bits per heavy atom. The Kier molecular flexibility index (Phi) is 3.85. The largest absolute Gasteiger partial charge is 0.478 e. The normalized spacial score (nSPS) is 19.9. The summed E-state index contributed by atoms with van der Waals surface area (Å²) in [6.45, 7) is 0.878. The summed E-state index contributed by atoms with van der Waals surface area (Å²) in [5.41, 5.74) is 0.335. The molecule has 1 atom stereocenters. The van der Waals surface area contributed by atoms with Crippen LogP contribution in [0.15, 0.2) is 29.2 Å². The van der Waals surface area contributed by atoms with E-state index in [1.165, 1.54) is 0 Å². The average Bonchev–Trinajstić information content (AvgIpc) is 2.80. The van der Waals surface area contributed by atoms with Crippen molar-refractivity contribution in [1.29, 1.82) is 0 Å². The van der Waals surface area contributed by atoms with Crippen molar-refractivity contribution in [3.63, 3.8) is 0 Å². The second-order valence-electron chi connectivity index (χ2n) is 3.78. The van der Waals surface area contributed by atoms with Crippen LogP contribution >= 0.6 is 11.8 Å². The van der Waals surface area contributed by atoms with Crippen LogP contribution in [0, 0.1) is 0 Å². The maximum Gasteiger partial charge on any atom is 0.335 e. The Hall–Kier alpha value is -1.00. The van der Waals surface area contributed by atoms with Gasteiger partial charge in [-0.05, 0) is 37.1 Å². The topological polar surface area (TPSA) is 46.5 Å². The molecule has 3 nitrogen and oxygen atoms in total. The minimum atomic E-state index is -0.879. The highest BCUT2D eigenvalue weighted by Crippen LogP contribution is 2.23. The molecule has 1 saturated heterocycles. The molecule has 0 amide bonds. The van der Waals surface area contributed by atoms with Crippen molar-refractivity contribution in [3.8, 4) is 0 Å². The van der Waals surface area contributed by atoms with Gasteiger partial charge in [-0.3, -0.25) is 0 Å². The first-order chi connectivity index (χ1) is 7.75. The van der Waals surface area contributed by atoms with Crippen LogP contribution in [0.25, 0.3) is 0 Å². The third-order valence-electron chi connectivity index (χ3n) is 2.56. The van der Waals surface area contributed by atoms with E-state index in [0.29, 0.717) is 11.7 Å². The highest BCUT2D eigenvalue weighted by atomic mass is 32.2. The summed E-state index contributed by atoms with van der Waals surface area (Å²) in [7, 11) is 0. The molecular formula is C12H14O3S. The Bertz CT molecular complexity index is 355. The second kappa shape index (κ2) is 5.37. The Morgan fingerprint density at radius 3 is 2.75 bits per heavy atom. The summed E-state index contributed by atoms with van der Waals surface area (Å²) >= 11 is 1.72. The van der Waals surface area contributed by atoms with Crippen LogP contribution in [0.4, 0.5) is 0 Å². The third kappa shape index (κ3) is 3.00. The van der Waals surface area contributed by atoms with Crippen LogP contribution < -0.4 is 0 Å². The van der Waals surface area contributed by atoms with Crippen LogP contribution in [0.2, 0.25) is 0 Å².